The van der Waals surface area contributed by atoms with Crippen molar-refractivity contribution >= 4 is 0 Å². The molecule has 1 aromatic carbocycles. The van der Waals surface area contributed by atoms with Gasteiger partial charge in [-0.3, -0.25) is 0 Å². The second-order valence-electron chi connectivity index (χ2n) is 3.47. The van der Waals surface area contributed by atoms with E-state index in [1.807, 2.05) is 24.3 Å². The Hall–Kier alpha value is -2.18. The molecule has 16 heavy (non-hydrogen) atoms. The number of aromatic hydroxyl groups is 1. The molecule has 80 valence electrons. The summed E-state index contributed by atoms with van der Waals surface area (Å²) in [4.78, 5) is 2.84. The van der Waals surface area contributed by atoms with Crippen LogP contribution < -0.4 is 5.73 Å². The number of H-pyrrole nitrogens is 1. The van der Waals surface area contributed by atoms with Crippen molar-refractivity contribution in [1.82, 2.24) is 4.98 Å². The summed E-state index contributed by atoms with van der Waals surface area (Å²) in [6, 6.07) is 7.63. The topological polar surface area (TPSA) is 62.0 Å². The van der Waals surface area contributed by atoms with Crippen LogP contribution in [0.1, 0.15) is 11.3 Å². The summed E-state index contributed by atoms with van der Waals surface area (Å²) in [7, 11) is 0. The van der Waals surface area contributed by atoms with Crippen LogP contribution in [0.25, 0.3) is 11.1 Å². The monoisotopic (exact) mass is 212 g/mol. The first-order chi connectivity index (χ1) is 7.76. The SMILES string of the molecule is C#Cc1[nH]cc(O)c1-c1ccc(CN)cc1. The number of aromatic nitrogens is 1. The zero-order chi connectivity index (χ0) is 11.5. The van der Waals surface area contributed by atoms with Crippen molar-refractivity contribution in [2.75, 3.05) is 0 Å². The van der Waals surface area contributed by atoms with Gasteiger partial charge in [0.25, 0.3) is 0 Å². The highest BCUT2D eigenvalue weighted by Gasteiger charge is 2.10. The van der Waals surface area contributed by atoms with E-state index in [-0.39, 0.29) is 5.75 Å². The number of hydrogen-bond donors (Lipinski definition) is 3. The van der Waals surface area contributed by atoms with E-state index in [4.69, 9.17) is 12.2 Å². The lowest BCUT2D eigenvalue weighted by Gasteiger charge is -2.02. The Kier molecular flexibility index (Phi) is 2.67. The first kappa shape index (κ1) is 10.3. The molecule has 4 N–H and O–H groups in total. The van der Waals surface area contributed by atoms with Crippen LogP contribution in [0.5, 0.6) is 5.75 Å². The minimum Gasteiger partial charge on any atom is -0.506 e. The molecular weight excluding hydrogens is 200 g/mol. The molecule has 0 amide bonds. The summed E-state index contributed by atoms with van der Waals surface area (Å²) in [6.07, 6.45) is 6.83. The maximum absolute atomic E-state index is 9.69. The minimum absolute atomic E-state index is 0.161. The fraction of sp³-hybridized carbons (Fsp3) is 0.0769. The van der Waals surface area contributed by atoms with Gasteiger partial charge in [-0.15, -0.1) is 6.42 Å². The summed E-state index contributed by atoms with van der Waals surface area (Å²) in [5, 5.41) is 9.69. The lowest BCUT2D eigenvalue weighted by molar-refractivity contribution is 0.478. The van der Waals surface area contributed by atoms with Gasteiger partial charge >= 0.3 is 0 Å². The van der Waals surface area contributed by atoms with Crippen molar-refractivity contribution in [2.24, 2.45) is 5.73 Å². The van der Waals surface area contributed by atoms with Crippen molar-refractivity contribution in [3.63, 3.8) is 0 Å². The first-order valence-electron chi connectivity index (χ1n) is 4.92. The molecule has 0 saturated heterocycles. The van der Waals surface area contributed by atoms with Gasteiger partial charge in [-0.25, -0.2) is 0 Å². The van der Waals surface area contributed by atoms with Gasteiger partial charge in [-0.1, -0.05) is 30.2 Å². The molecular formula is C13H12N2O. The summed E-state index contributed by atoms with van der Waals surface area (Å²) >= 11 is 0. The summed E-state index contributed by atoms with van der Waals surface area (Å²) in [5.74, 6) is 2.66. The van der Waals surface area contributed by atoms with Crippen LogP contribution in [-0.4, -0.2) is 10.1 Å². The second-order valence-corrected chi connectivity index (χ2v) is 3.47. The van der Waals surface area contributed by atoms with Gasteiger partial charge in [0.2, 0.25) is 0 Å². The van der Waals surface area contributed by atoms with E-state index < -0.39 is 0 Å². The fourth-order valence-electron chi connectivity index (χ4n) is 1.63. The quantitative estimate of drug-likeness (QED) is 0.665. The van der Waals surface area contributed by atoms with Gasteiger partial charge < -0.3 is 15.8 Å². The Balaban J connectivity index is 2.50. The maximum atomic E-state index is 9.69. The Bertz CT molecular complexity index is 532. The lowest BCUT2D eigenvalue weighted by Crippen LogP contribution is -1.95. The van der Waals surface area contributed by atoms with Crippen LogP contribution >= 0.6 is 0 Å². The Labute approximate surface area is 93.9 Å². The average molecular weight is 212 g/mol. The molecule has 0 radical (unpaired) electrons. The van der Waals surface area contributed by atoms with Crippen LogP contribution in [0.3, 0.4) is 0 Å². The number of nitrogens with one attached hydrogen (secondary N) is 1. The fourth-order valence-corrected chi connectivity index (χ4v) is 1.63. The number of hydrogen-bond acceptors (Lipinski definition) is 2. The molecule has 0 aliphatic rings. The number of nitrogens with two attached hydrogens (primary N) is 1. The van der Waals surface area contributed by atoms with Gasteiger partial charge in [-0.05, 0) is 11.1 Å². The van der Waals surface area contributed by atoms with E-state index in [9.17, 15) is 5.11 Å². The molecule has 0 bridgehead atoms. The van der Waals surface area contributed by atoms with Crippen molar-refractivity contribution in [3.8, 4) is 29.2 Å². The van der Waals surface area contributed by atoms with Crippen molar-refractivity contribution in [2.45, 2.75) is 6.54 Å². The van der Waals surface area contributed by atoms with Gasteiger partial charge in [-0.2, -0.15) is 0 Å². The third-order valence-electron chi connectivity index (χ3n) is 2.48. The predicted octanol–water partition coefficient (Wildman–Crippen LogP) is 1.83. The molecule has 3 nitrogen and oxygen atoms in total. The molecule has 2 rings (SSSR count). The average Bonchev–Trinajstić information content (AvgIpc) is 2.70. The normalized spacial score (nSPS) is 10.0. The minimum atomic E-state index is 0.161. The molecule has 0 atom stereocenters. The molecule has 1 heterocycles. The maximum Gasteiger partial charge on any atom is 0.142 e. The van der Waals surface area contributed by atoms with Gasteiger partial charge in [0.1, 0.15) is 11.4 Å². The molecule has 3 heteroatoms. The van der Waals surface area contributed by atoms with E-state index >= 15 is 0 Å². The Morgan fingerprint density at radius 3 is 2.56 bits per heavy atom. The Morgan fingerprint density at radius 1 is 1.31 bits per heavy atom. The predicted molar refractivity (Wildman–Crippen MR) is 63.7 cm³/mol. The zero-order valence-corrected chi connectivity index (χ0v) is 8.70. The molecule has 0 saturated carbocycles. The van der Waals surface area contributed by atoms with E-state index in [1.54, 1.807) is 0 Å². The summed E-state index contributed by atoms with van der Waals surface area (Å²) < 4.78 is 0. The number of benzene rings is 1. The first-order valence-corrected chi connectivity index (χ1v) is 4.92. The highest BCUT2D eigenvalue weighted by Crippen LogP contribution is 2.32. The van der Waals surface area contributed by atoms with Crippen LogP contribution in [0.15, 0.2) is 30.5 Å². The zero-order valence-electron chi connectivity index (χ0n) is 8.70. The molecule has 0 spiro atoms. The van der Waals surface area contributed by atoms with Crippen LogP contribution in [0, 0.1) is 12.3 Å². The second kappa shape index (κ2) is 4.13. The summed E-state index contributed by atoms with van der Waals surface area (Å²) in [5.41, 5.74) is 8.68. The number of terminal acetylenes is 1. The van der Waals surface area contributed by atoms with Crippen LogP contribution in [-0.2, 0) is 6.54 Å². The van der Waals surface area contributed by atoms with Crippen molar-refractivity contribution in [1.29, 1.82) is 0 Å². The van der Waals surface area contributed by atoms with Crippen LogP contribution in [0.2, 0.25) is 0 Å². The molecule has 2 aromatic rings. The third-order valence-corrected chi connectivity index (χ3v) is 2.48. The van der Waals surface area contributed by atoms with Gasteiger partial charge in [0, 0.05) is 12.7 Å². The van der Waals surface area contributed by atoms with E-state index in [0.717, 1.165) is 11.1 Å². The van der Waals surface area contributed by atoms with Crippen LogP contribution in [0.4, 0.5) is 0 Å². The highest BCUT2D eigenvalue weighted by atomic mass is 16.3. The molecule has 0 fully saturated rings. The van der Waals surface area contributed by atoms with E-state index in [1.165, 1.54) is 6.20 Å². The molecule has 0 unspecified atom stereocenters. The highest BCUT2D eigenvalue weighted by molar-refractivity contribution is 5.75. The number of aromatic amines is 1. The van der Waals surface area contributed by atoms with E-state index in [2.05, 4.69) is 10.9 Å². The van der Waals surface area contributed by atoms with Crippen molar-refractivity contribution in [3.05, 3.63) is 41.7 Å². The van der Waals surface area contributed by atoms with Gasteiger partial charge in [0.05, 0.1) is 5.56 Å². The Morgan fingerprint density at radius 2 is 2.00 bits per heavy atom. The largest absolute Gasteiger partial charge is 0.506 e. The summed E-state index contributed by atoms with van der Waals surface area (Å²) in [6.45, 7) is 0.501. The van der Waals surface area contributed by atoms with E-state index in [0.29, 0.717) is 17.8 Å². The van der Waals surface area contributed by atoms with Crippen molar-refractivity contribution < 1.29 is 5.11 Å². The molecule has 0 aliphatic heterocycles. The number of rotatable bonds is 2. The van der Waals surface area contributed by atoms with Gasteiger partial charge in [0.15, 0.2) is 0 Å². The lowest BCUT2D eigenvalue weighted by atomic mass is 10.0. The smallest absolute Gasteiger partial charge is 0.142 e. The third kappa shape index (κ3) is 1.67. The molecule has 1 aromatic heterocycles. The molecule has 0 aliphatic carbocycles. The standard InChI is InChI=1S/C13H12N2O/c1-2-11-13(12(16)8-15-11)10-5-3-9(7-14)4-6-10/h1,3-6,8,15-16H,7,14H2.